The van der Waals surface area contributed by atoms with Gasteiger partial charge in [0, 0.05) is 60.8 Å². The summed E-state index contributed by atoms with van der Waals surface area (Å²) in [6.45, 7) is 1.25. The van der Waals surface area contributed by atoms with Crippen molar-refractivity contribution in [3.63, 3.8) is 0 Å². The number of nitrogens with zero attached hydrogens (tertiary/aromatic N) is 4. The number of carbonyl (C=O) groups excluding carboxylic acids is 5. The van der Waals surface area contributed by atoms with Gasteiger partial charge in [0.1, 0.15) is 17.2 Å². The number of nitrogens with one attached hydrogen (secondary N) is 1. The van der Waals surface area contributed by atoms with Crippen molar-refractivity contribution in [1.29, 1.82) is 0 Å². The number of aliphatic hydroxyl groups is 2. The Hall–Kier alpha value is -4.35. The molecule has 3 amide bonds. The number of hydrogen-bond acceptors (Lipinski definition) is 9. The molecule has 0 fully saturated rings. The van der Waals surface area contributed by atoms with E-state index in [1.54, 1.807) is 52.5 Å². The molecule has 12 nitrogen and oxygen atoms in total. The average Bonchev–Trinajstić information content (AvgIpc) is 2.85. The van der Waals surface area contributed by atoms with Crippen molar-refractivity contribution in [3.8, 4) is 0 Å². The summed E-state index contributed by atoms with van der Waals surface area (Å²) in [7, 11) is 6.43. The first-order valence-corrected chi connectivity index (χ1v) is 11.9. The molecule has 2 aliphatic carbocycles. The zero-order valence-electron chi connectivity index (χ0n) is 22.1. The Morgan fingerprint density at radius 2 is 1.29 bits per heavy atom. The highest BCUT2D eigenvalue weighted by Gasteiger charge is 2.34. The van der Waals surface area contributed by atoms with Crippen LogP contribution in [0.4, 0.5) is 5.69 Å². The molecule has 1 aromatic rings. The van der Waals surface area contributed by atoms with Gasteiger partial charge < -0.3 is 25.3 Å². The number of azo groups is 1. The van der Waals surface area contributed by atoms with E-state index in [9.17, 15) is 34.2 Å². The van der Waals surface area contributed by atoms with Crippen molar-refractivity contribution in [1.82, 2.24) is 15.1 Å². The molecule has 2 aliphatic rings. The second-order valence-electron chi connectivity index (χ2n) is 9.36. The summed E-state index contributed by atoms with van der Waals surface area (Å²) in [5, 5.41) is 29.7. The molecule has 3 N–H and O–H groups in total. The summed E-state index contributed by atoms with van der Waals surface area (Å²) in [4.78, 5) is 60.9. The number of Topliss-reactive ketones (excluding diaryl/α,β-unsaturated/α-hetero) is 2. The molecule has 1 aromatic carbocycles. The monoisotopic (exact) mass is 527 g/mol. The predicted octanol–water partition coefficient (Wildman–Crippen LogP) is 2.57. The fourth-order valence-corrected chi connectivity index (χ4v) is 3.89. The van der Waals surface area contributed by atoms with E-state index in [-0.39, 0.29) is 66.2 Å². The van der Waals surface area contributed by atoms with Gasteiger partial charge in [-0.05, 0) is 12.1 Å². The van der Waals surface area contributed by atoms with Crippen LogP contribution in [0.5, 0.6) is 0 Å². The molecule has 2 atom stereocenters. The Bertz CT molecular complexity index is 1190. The van der Waals surface area contributed by atoms with Crippen molar-refractivity contribution in [2.75, 3.05) is 28.2 Å². The maximum atomic E-state index is 12.0. The van der Waals surface area contributed by atoms with Gasteiger partial charge in [0.2, 0.25) is 17.7 Å². The molecule has 3 rings (SSSR count). The maximum Gasteiger partial charge on any atom is 0.226 e. The van der Waals surface area contributed by atoms with Gasteiger partial charge in [-0.2, -0.15) is 5.11 Å². The molecule has 0 saturated heterocycles. The highest BCUT2D eigenvalue weighted by atomic mass is 16.3. The SMILES string of the molecule is CC(=O)NC1=C(O)CC(C(=O)N(C)C)CC1=O.CN(C)C(=O)C1CC(=O)C(N=Nc2ccccc2)=C(O)C1. The van der Waals surface area contributed by atoms with Crippen molar-refractivity contribution in [3.05, 3.63) is 53.2 Å². The van der Waals surface area contributed by atoms with Gasteiger partial charge >= 0.3 is 0 Å². The number of hydrogen-bond donors (Lipinski definition) is 3. The molecule has 0 heterocycles. The zero-order valence-corrected chi connectivity index (χ0v) is 22.1. The first-order valence-electron chi connectivity index (χ1n) is 11.9. The minimum atomic E-state index is -0.546. The first-order chi connectivity index (χ1) is 17.8. The van der Waals surface area contributed by atoms with E-state index in [2.05, 4.69) is 15.5 Å². The molecule has 38 heavy (non-hydrogen) atoms. The second-order valence-corrected chi connectivity index (χ2v) is 9.36. The molecule has 2 unspecified atom stereocenters. The highest BCUT2D eigenvalue weighted by molar-refractivity contribution is 6.02. The highest BCUT2D eigenvalue weighted by Crippen LogP contribution is 2.28. The summed E-state index contributed by atoms with van der Waals surface area (Å²) >= 11 is 0. The molecular formula is C26H33N5O7. The third-order valence-electron chi connectivity index (χ3n) is 5.75. The lowest BCUT2D eigenvalue weighted by Crippen LogP contribution is -2.37. The van der Waals surface area contributed by atoms with Crippen molar-refractivity contribution >= 4 is 35.0 Å². The van der Waals surface area contributed by atoms with Crippen LogP contribution in [0.1, 0.15) is 32.6 Å². The summed E-state index contributed by atoms with van der Waals surface area (Å²) in [5.74, 6) is -3.04. The van der Waals surface area contributed by atoms with Crippen molar-refractivity contribution in [2.24, 2.45) is 22.1 Å². The van der Waals surface area contributed by atoms with Crippen LogP contribution in [0.2, 0.25) is 0 Å². The van der Waals surface area contributed by atoms with Gasteiger partial charge in [-0.3, -0.25) is 24.0 Å². The molecule has 0 saturated carbocycles. The van der Waals surface area contributed by atoms with Gasteiger partial charge in [0.15, 0.2) is 17.3 Å². The Labute approximate surface area is 220 Å². The molecule has 12 heteroatoms. The summed E-state index contributed by atoms with van der Waals surface area (Å²) in [5.41, 5.74) is 0.457. The van der Waals surface area contributed by atoms with Gasteiger partial charge in [-0.25, -0.2) is 0 Å². The van der Waals surface area contributed by atoms with E-state index in [4.69, 9.17) is 0 Å². The lowest BCUT2D eigenvalue weighted by molar-refractivity contribution is -0.136. The zero-order chi connectivity index (χ0) is 28.6. The molecule has 0 aliphatic heterocycles. The summed E-state index contributed by atoms with van der Waals surface area (Å²) in [6, 6.07) is 8.94. The van der Waals surface area contributed by atoms with E-state index in [0.29, 0.717) is 5.69 Å². The topological polar surface area (TPSA) is 169 Å². The molecular weight excluding hydrogens is 494 g/mol. The van der Waals surface area contributed by atoms with E-state index in [0.717, 1.165) is 0 Å². The smallest absolute Gasteiger partial charge is 0.226 e. The van der Waals surface area contributed by atoms with E-state index in [1.165, 1.54) is 16.7 Å². The normalized spacial score (nSPS) is 19.6. The third kappa shape index (κ3) is 8.08. The lowest BCUT2D eigenvalue weighted by Gasteiger charge is -2.24. The fourth-order valence-electron chi connectivity index (χ4n) is 3.89. The van der Waals surface area contributed by atoms with E-state index >= 15 is 0 Å². The molecule has 0 spiro atoms. The minimum Gasteiger partial charge on any atom is -0.510 e. The number of carbonyl (C=O) groups is 5. The predicted molar refractivity (Wildman–Crippen MR) is 137 cm³/mol. The van der Waals surface area contributed by atoms with E-state index in [1.807, 2.05) is 6.07 Å². The van der Waals surface area contributed by atoms with Crippen molar-refractivity contribution in [2.45, 2.75) is 32.6 Å². The number of aliphatic hydroxyl groups excluding tert-OH is 2. The largest absolute Gasteiger partial charge is 0.510 e. The number of rotatable bonds is 5. The van der Waals surface area contributed by atoms with Crippen LogP contribution in [0.15, 0.2) is 63.5 Å². The van der Waals surface area contributed by atoms with Gasteiger partial charge in [-0.1, -0.05) is 18.2 Å². The van der Waals surface area contributed by atoms with Crippen LogP contribution >= 0.6 is 0 Å². The Balaban J connectivity index is 0.000000273. The third-order valence-corrected chi connectivity index (χ3v) is 5.75. The average molecular weight is 528 g/mol. The second kappa shape index (κ2) is 13.3. The lowest BCUT2D eigenvalue weighted by atomic mass is 9.89. The Morgan fingerprint density at radius 1 is 0.789 bits per heavy atom. The van der Waals surface area contributed by atoms with E-state index < -0.39 is 23.5 Å². The van der Waals surface area contributed by atoms with Crippen LogP contribution < -0.4 is 5.32 Å². The van der Waals surface area contributed by atoms with Crippen molar-refractivity contribution < 1.29 is 34.2 Å². The number of allylic oxidation sites excluding steroid dienone is 4. The molecule has 0 radical (unpaired) electrons. The van der Waals surface area contributed by atoms with Gasteiger partial charge in [0.25, 0.3) is 0 Å². The Morgan fingerprint density at radius 3 is 1.74 bits per heavy atom. The van der Waals surface area contributed by atoms with Crippen LogP contribution in [0.25, 0.3) is 0 Å². The molecule has 204 valence electrons. The quantitative estimate of drug-likeness (QED) is 0.494. The minimum absolute atomic E-state index is 0.0106. The van der Waals surface area contributed by atoms with Gasteiger partial charge in [0.05, 0.1) is 17.5 Å². The van der Waals surface area contributed by atoms with Gasteiger partial charge in [-0.15, -0.1) is 5.11 Å². The maximum absolute atomic E-state index is 12.0. The molecule has 0 aromatic heterocycles. The number of ketones is 2. The van der Waals surface area contributed by atoms with Crippen LogP contribution in [-0.2, 0) is 24.0 Å². The molecule has 0 bridgehead atoms. The van der Waals surface area contributed by atoms with Crippen LogP contribution in [0.3, 0.4) is 0 Å². The summed E-state index contributed by atoms with van der Waals surface area (Å²) in [6.07, 6.45) is 0.255. The van der Waals surface area contributed by atoms with Crippen LogP contribution in [-0.4, -0.2) is 77.5 Å². The number of amides is 3. The summed E-state index contributed by atoms with van der Waals surface area (Å²) < 4.78 is 0. The first kappa shape index (κ1) is 29.9. The van der Waals surface area contributed by atoms with Crippen LogP contribution in [0, 0.1) is 11.8 Å². The Kier molecular flexibility index (Phi) is 10.4. The fraction of sp³-hybridized carbons (Fsp3) is 0.423. The number of benzene rings is 1. The standard InChI is InChI=1S/C15H17N3O3.C11H16N2O4/c1-18(2)15(21)10-8-12(19)14(13(20)9-10)17-16-11-6-4-3-5-7-11;1-6(14)12-10-8(15)4-7(5-9(10)16)11(17)13(2)3/h3-7,10,19H,8-9H2,1-2H3;7,15H,4-5H2,1-3H3,(H,12,14).